The van der Waals surface area contributed by atoms with Crippen molar-refractivity contribution in [1.29, 1.82) is 0 Å². The van der Waals surface area contributed by atoms with Crippen LogP contribution in [-0.4, -0.2) is 27.7 Å². The number of rotatable bonds is 3. The first-order valence-electron chi connectivity index (χ1n) is 5.52. The van der Waals surface area contributed by atoms with E-state index < -0.39 is 4.92 Å². The van der Waals surface area contributed by atoms with Gasteiger partial charge in [0, 0.05) is 18.6 Å². The van der Waals surface area contributed by atoms with E-state index in [0.717, 1.165) is 9.04 Å². The van der Waals surface area contributed by atoms with Gasteiger partial charge in [-0.1, -0.05) is 11.8 Å². The number of nitro benzene ring substituents is 1. The molecule has 0 aliphatic carbocycles. The zero-order valence-electron chi connectivity index (χ0n) is 9.57. The normalized spacial score (nSPS) is 18.7. The minimum absolute atomic E-state index is 0.0491. The molecule has 8 heteroatoms. The van der Waals surface area contributed by atoms with Gasteiger partial charge in [0.05, 0.1) is 21.7 Å². The van der Waals surface area contributed by atoms with Gasteiger partial charge in [-0.15, -0.1) is 11.3 Å². The monoisotopic (exact) mass is 296 g/mol. The molecule has 98 valence electrons. The van der Waals surface area contributed by atoms with Crippen LogP contribution in [0.1, 0.15) is 6.42 Å². The van der Waals surface area contributed by atoms with Crippen LogP contribution in [0.5, 0.6) is 0 Å². The Kier molecular flexibility index (Phi) is 3.11. The first-order chi connectivity index (χ1) is 9.13. The van der Waals surface area contributed by atoms with Crippen LogP contribution in [0.3, 0.4) is 0 Å². The summed E-state index contributed by atoms with van der Waals surface area (Å²) in [6.07, 6.45) is 0.680. The number of nitrogens with zero attached hydrogens (tertiary/aromatic N) is 2. The molecule has 1 atom stereocenters. The van der Waals surface area contributed by atoms with Gasteiger partial charge in [-0.05, 0) is 6.07 Å². The molecule has 19 heavy (non-hydrogen) atoms. The molecule has 6 nitrogen and oxygen atoms in total. The highest BCUT2D eigenvalue weighted by atomic mass is 32.2. The lowest BCUT2D eigenvalue weighted by Gasteiger charge is -1.99. The molecule has 3 rings (SSSR count). The van der Waals surface area contributed by atoms with Crippen molar-refractivity contribution in [2.75, 3.05) is 6.61 Å². The van der Waals surface area contributed by atoms with Crippen LogP contribution >= 0.6 is 23.1 Å². The third-order valence-electron chi connectivity index (χ3n) is 2.69. The SMILES string of the molecule is O=C1OCC[C@@H]1Sc1nc2ccc([N+](=O)[O-])cc2s1. The lowest BCUT2D eigenvalue weighted by atomic mass is 10.3. The van der Waals surface area contributed by atoms with E-state index in [0.29, 0.717) is 18.5 Å². The molecule has 2 heterocycles. The van der Waals surface area contributed by atoms with Crippen molar-refractivity contribution in [2.24, 2.45) is 0 Å². The molecule has 1 saturated heterocycles. The number of carbonyl (C=O) groups is 1. The van der Waals surface area contributed by atoms with Gasteiger partial charge in [-0.3, -0.25) is 14.9 Å². The van der Waals surface area contributed by atoms with E-state index in [1.807, 2.05) is 0 Å². The van der Waals surface area contributed by atoms with E-state index in [4.69, 9.17) is 4.74 Å². The summed E-state index contributed by atoms with van der Waals surface area (Å²) in [4.78, 5) is 26.0. The van der Waals surface area contributed by atoms with Crippen LogP contribution in [0.2, 0.25) is 0 Å². The van der Waals surface area contributed by atoms with Crippen LogP contribution in [0.25, 0.3) is 10.2 Å². The smallest absolute Gasteiger partial charge is 0.319 e. The Bertz CT molecular complexity index is 670. The molecule has 1 aromatic heterocycles. The van der Waals surface area contributed by atoms with E-state index >= 15 is 0 Å². The number of non-ortho nitro benzene ring substituents is 1. The lowest BCUT2D eigenvalue weighted by molar-refractivity contribution is -0.384. The number of cyclic esters (lactones) is 1. The second-order valence-corrected chi connectivity index (χ2v) is 6.43. The Morgan fingerprint density at radius 1 is 1.53 bits per heavy atom. The zero-order chi connectivity index (χ0) is 13.4. The van der Waals surface area contributed by atoms with Crippen LogP contribution in [-0.2, 0) is 9.53 Å². The molecule has 0 saturated carbocycles. The van der Waals surface area contributed by atoms with Crippen LogP contribution in [0.4, 0.5) is 5.69 Å². The van der Waals surface area contributed by atoms with E-state index in [-0.39, 0.29) is 16.9 Å². The number of benzene rings is 1. The third kappa shape index (κ3) is 2.41. The predicted octanol–water partition coefficient (Wildman–Crippen LogP) is 2.61. The Morgan fingerprint density at radius 3 is 3.05 bits per heavy atom. The molecule has 0 bridgehead atoms. The number of hydrogen-bond acceptors (Lipinski definition) is 7. The van der Waals surface area contributed by atoms with Gasteiger partial charge in [-0.2, -0.15) is 0 Å². The number of nitro groups is 1. The maximum absolute atomic E-state index is 11.4. The van der Waals surface area contributed by atoms with E-state index in [1.54, 1.807) is 6.07 Å². The summed E-state index contributed by atoms with van der Waals surface area (Å²) in [6, 6.07) is 4.56. The van der Waals surface area contributed by atoms with Gasteiger partial charge >= 0.3 is 5.97 Å². The number of ether oxygens (including phenoxy) is 1. The van der Waals surface area contributed by atoms with Gasteiger partial charge < -0.3 is 4.74 Å². The molecule has 1 fully saturated rings. The second-order valence-electron chi connectivity index (χ2n) is 3.95. The van der Waals surface area contributed by atoms with E-state index in [1.165, 1.54) is 35.2 Å². The largest absolute Gasteiger partial charge is 0.465 e. The summed E-state index contributed by atoms with van der Waals surface area (Å²) in [5.41, 5.74) is 0.762. The number of thiazole rings is 1. The number of thioether (sulfide) groups is 1. The summed E-state index contributed by atoms with van der Waals surface area (Å²) in [6.45, 7) is 0.451. The van der Waals surface area contributed by atoms with Crippen molar-refractivity contribution < 1.29 is 14.5 Å². The summed E-state index contributed by atoms with van der Waals surface area (Å²) in [5, 5.41) is 10.5. The highest BCUT2D eigenvalue weighted by Gasteiger charge is 2.28. The minimum atomic E-state index is -0.430. The number of hydrogen-bond donors (Lipinski definition) is 0. The Morgan fingerprint density at radius 2 is 2.37 bits per heavy atom. The number of fused-ring (bicyclic) bond motifs is 1. The minimum Gasteiger partial charge on any atom is -0.465 e. The molecular formula is C11H8N2O4S2. The van der Waals surface area contributed by atoms with Crippen molar-refractivity contribution in [3.05, 3.63) is 28.3 Å². The number of aromatic nitrogens is 1. The molecule has 0 spiro atoms. The molecule has 2 aromatic rings. The average molecular weight is 296 g/mol. The molecule has 1 aliphatic heterocycles. The van der Waals surface area contributed by atoms with Crippen LogP contribution in [0, 0.1) is 10.1 Å². The van der Waals surface area contributed by atoms with Gasteiger partial charge in [0.25, 0.3) is 5.69 Å². The summed E-state index contributed by atoms with van der Waals surface area (Å²) in [7, 11) is 0. The lowest BCUT2D eigenvalue weighted by Crippen LogP contribution is -2.08. The Balaban J connectivity index is 1.89. The Hall–Kier alpha value is -1.67. The second kappa shape index (κ2) is 4.78. The standard InChI is InChI=1S/C11H8N2O4S2/c14-10-8(3-4-17-10)18-11-12-7-2-1-6(13(15)16)5-9(7)19-11/h1-2,5,8H,3-4H2/t8-/m0/s1. The number of carbonyl (C=O) groups excluding carboxylic acids is 1. The maximum Gasteiger partial charge on any atom is 0.319 e. The molecule has 0 N–H and O–H groups in total. The highest BCUT2D eigenvalue weighted by molar-refractivity contribution is 8.02. The quantitative estimate of drug-likeness (QED) is 0.492. The van der Waals surface area contributed by atoms with Crippen molar-refractivity contribution in [3.63, 3.8) is 0 Å². The average Bonchev–Trinajstić information content (AvgIpc) is 2.95. The first-order valence-corrected chi connectivity index (χ1v) is 7.21. The van der Waals surface area contributed by atoms with E-state index in [9.17, 15) is 14.9 Å². The molecule has 0 unspecified atom stereocenters. The first kappa shape index (κ1) is 12.4. The third-order valence-corrected chi connectivity index (χ3v) is 5.05. The predicted molar refractivity (Wildman–Crippen MR) is 71.5 cm³/mol. The fraction of sp³-hybridized carbons (Fsp3) is 0.273. The summed E-state index contributed by atoms with van der Waals surface area (Å²) < 4.78 is 6.38. The number of esters is 1. The van der Waals surface area contributed by atoms with Crippen LogP contribution in [0.15, 0.2) is 22.5 Å². The maximum atomic E-state index is 11.4. The molecule has 1 aliphatic rings. The van der Waals surface area contributed by atoms with Gasteiger partial charge in [0.15, 0.2) is 4.34 Å². The zero-order valence-corrected chi connectivity index (χ0v) is 11.2. The topological polar surface area (TPSA) is 82.3 Å². The van der Waals surface area contributed by atoms with Crippen molar-refractivity contribution in [3.8, 4) is 0 Å². The molecule has 0 amide bonds. The highest BCUT2D eigenvalue weighted by Crippen LogP contribution is 2.36. The van der Waals surface area contributed by atoms with E-state index in [2.05, 4.69) is 4.98 Å². The Labute approximate surface area is 115 Å². The van der Waals surface area contributed by atoms with Crippen molar-refractivity contribution >= 4 is 45.0 Å². The fourth-order valence-electron chi connectivity index (χ4n) is 1.76. The molecular weight excluding hydrogens is 288 g/mol. The van der Waals surface area contributed by atoms with Gasteiger partial charge in [0.1, 0.15) is 5.25 Å². The van der Waals surface area contributed by atoms with Crippen LogP contribution < -0.4 is 0 Å². The summed E-state index contributed by atoms with van der Waals surface area (Å²) in [5.74, 6) is -0.213. The van der Waals surface area contributed by atoms with Crippen molar-refractivity contribution in [1.82, 2.24) is 4.98 Å². The molecule has 1 aromatic carbocycles. The summed E-state index contributed by atoms with van der Waals surface area (Å²) >= 11 is 2.72. The van der Waals surface area contributed by atoms with Crippen molar-refractivity contribution in [2.45, 2.75) is 16.0 Å². The van der Waals surface area contributed by atoms with Gasteiger partial charge in [0.2, 0.25) is 0 Å². The fourth-order valence-corrected chi connectivity index (χ4v) is 4.08. The van der Waals surface area contributed by atoms with Gasteiger partial charge in [-0.25, -0.2) is 4.98 Å². The molecule has 0 radical (unpaired) electrons.